The molecular weight excluding hydrogens is 120 g/mol. The molecule has 0 unspecified atom stereocenters. The first-order valence-corrected chi connectivity index (χ1v) is 1.97. The summed E-state index contributed by atoms with van der Waals surface area (Å²) >= 11 is 0. The number of hydrogen-bond acceptors (Lipinski definition) is 4. The van der Waals surface area contributed by atoms with E-state index in [0.29, 0.717) is 0 Å². The van der Waals surface area contributed by atoms with Gasteiger partial charge >= 0.3 is 5.97 Å². The van der Waals surface area contributed by atoms with Gasteiger partial charge in [0.2, 0.25) is 0 Å². The van der Waals surface area contributed by atoms with E-state index in [9.17, 15) is 4.79 Å². The Bertz CT molecular complexity index is 206. The van der Waals surface area contributed by atoms with Gasteiger partial charge in [-0.15, -0.1) is 5.26 Å². The molecule has 0 radical (unpaired) electrons. The Balaban J connectivity index is 3.70. The topological polar surface area (TPSA) is 73.9 Å². The molecule has 0 aromatic carbocycles. The third-order valence-electron chi connectivity index (χ3n) is 0.440. The van der Waals surface area contributed by atoms with Crippen molar-refractivity contribution in [2.75, 3.05) is 0 Å². The minimum atomic E-state index is -0.834. The SMILES string of the molecule is N#CC=CC(=O)OC#N. The van der Waals surface area contributed by atoms with Gasteiger partial charge in [0, 0.05) is 12.2 Å². The van der Waals surface area contributed by atoms with Crippen molar-refractivity contribution in [2.45, 2.75) is 0 Å². The van der Waals surface area contributed by atoms with E-state index in [0.717, 1.165) is 12.2 Å². The highest BCUT2D eigenvalue weighted by Crippen LogP contribution is 1.76. The summed E-state index contributed by atoms with van der Waals surface area (Å²) in [4.78, 5) is 10.1. The summed E-state index contributed by atoms with van der Waals surface area (Å²) in [5, 5.41) is 15.6. The van der Waals surface area contributed by atoms with Crippen LogP contribution in [0.25, 0.3) is 0 Å². The fourth-order valence-electron chi connectivity index (χ4n) is 0.184. The summed E-state index contributed by atoms with van der Waals surface area (Å²) < 4.78 is 3.77. The normalized spacial score (nSPS) is 7.78. The largest absolute Gasteiger partial charge is 0.347 e. The quantitative estimate of drug-likeness (QED) is 0.214. The van der Waals surface area contributed by atoms with E-state index in [1.807, 2.05) is 0 Å². The molecule has 0 amide bonds. The molecule has 0 aliphatic rings. The van der Waals surface area contributed by atoms with Crippen LogP contribution in [-0.2, 0) is 9.53 Å². The Hall–Kier alpha value is -1.81. The fourth-order valence-corrected chi connectivity index (χ4v) is 0.184. The van der Waals surface area contributed by atoms with Gasteiger partial charge in [-0.05, 0) is 0 Å². The van der Waals surface area contributed by atoms with E-state index < -0.39 is 5.97 Å². The van der Waals surface area contributed by atoms with Gasteiger partial charge in [-0.25, -0.2) is 4.79 Å². The second kappa shape index (κ2) is 4.35. The molecule has 0 bridgehead atoms. The van der Waals surface area contributed by atoms with Crippen LogP contribution in [-0.4, -0.2) is 5.97 Å². The van der Waals surface area contributed by atoms with Gasteiger partial charge in [0.1, 0.15) is 0 Å². The zero-order valence-electron chi connectivity index (χ0n) is 4.37. The number of nitrogens with zero attached hydrogens (tertiary/aromatic N) is 2. The van der Waals surface area contributed by atoms with Gasteiger partial charge in [-0.3, -0.25) is 0 Å². The number of esters is 1. The summed E-state index contributed by atoms with van der Waals surface area (Å²) in [5.74, 6) is -0.834. The predicted octanol–water partition coefficient (Wildman–Crippen LogP) is 0.0905. The molecule has 44 valence electrons. The molecule has 0 fully saturated rings. The van der Waals surface area contributed by atoms with Crippen molar-refractivity contribution in [3.63, 3.8) is 0 Å². The number of ether oxygens (including phenoxy) is 1. The summed E-state index contributed by atoms with van der Waals surface area (Å²) in [5.41, 5.74) is 0. The molecule has 9 heavy (non-hydrogen) atoms. The van der Waals surface area contributed by atoms with Crippen LogP contribution in [0, 0.1) is 22.8 Å². The van der Waals surface area contributed by atoms with E-state index in [1.54, 1.807) is 6.07 Å². The molecule has 0 spiro atoms. The monoisotopic (exact) mass is 122 g/mol. The van der Waals surface area contributed by atoms with E-state index in [4.69, 9.17) is 10.5 Å². The molecule has 0 rings (SSSR count). The average Bonchev–Trinajstić information content (AvgIpc) is 1.85. The number of rotatable bonds is 1. The molecule has 0 aliphatic heterocycles. The zero-order valence-corrected chi connectivity index (χ0v) is 4.37. The van der Waals surface area contributed by atoms with Crippen molar-refractivity contribution in [3.05, 3.63) is 12.2 Å². The molecule has 0 aromatic heterocycles. The highest BCUT2D eigenvalue weighted by Gasteiger charge is 1.90. The van der Waals surface area contributed by atoms with Crippen LogP contribution >= 0.6 is 0 Å². The molecule has 0 heterocycles. The number of hydrogen-bond donors (Lipinski definition) is 0. The molecule has 0 N–H and O–H groups in total. The number of nitriles is 2. The third-order valence-corrected chi connectivity index (χ3v) is 0.440. The maximum atomic E-state index is 10.1. The van der Waals surface area contributed by atoms with Crippen LogP contribution in [0.1, 0.15) is 0 Å². The van der Waals surface area contributed by atoms with Crippen molar-refractivity contribution in [3.8, 4) is 12.3 Å². The molecule has 4 heteroatoms. The maximum Gasteiger partial charge on any atom is 0.346 e. The standard InChI is InChI=1S/C5H2N2O2/c6-3-1-2-5(8)9-4-7/h1-2H. The molecule has 0 aromatic rings. The fraction of sp³-hybridized carbons (Fsp3) is 0. The van der Waals surface area contributed by atoms with Crippen LogP contribution in [0.2, 0.25) is 0 Å². The highest BCUT2D eigenvalue weighted by molar-refractivity contribution is 5.83. The van der Waals surface area contributed by atoms with Crippen LogP contribution in [0.3, 0.4) is 0 Å². The van der Waals surface area contributed by atoms with Crippen LogP contribution in [0.5, 0.6) is 0 Å². The summed E-state index contributed by atoms with van der Waals surface area (Å²) in [7, 11) is 0. The second-order valence-corrected chi connectivity index (χ2v) is 0.975. The molecule has 4 nitrogen and oxygen atoms in total. The number of carbonyl (C=O) groups excluding carboxylic acids is 1. The molecule has 0 atom stereocenters. The average molecular weight is 122 g/mol. The summed E-state index contributed by atoms with van der Waals surface area (Å²) in [6.45, 7) is 0. The zero-order chi connectivity index (χ0) is 7.11. The van der Waals surface area contributed by atoms with Crippen molar-refractivity contribution in [2.24, 2.45) is 0 Å². The summed E-state index contributed by atoms with van der Waals surface area (Å²) in [6, 6.07) is 1.57. The third kappa shape index (κ3) is 4.03. The first-order valence-electron chi connectivity index (χ1n) is 1.97. The maximum absolute atomic E-state index is 10.1. The van der Waals surface area contributed by atoms with E-state index in [2.05, 4.69) is 4.74 Å². The number of carbonyl (C=O) groups is 1. The Morgan fingerprint density at radius 1 is 1.56 bits per heavy atom. The Morgan fingerprint density at radius 2 is 2.22 bits per heavy atom. The first-order chi connectivity index (χ1) is 4.31. The summed E-state index contributed by atoms with van der Waals surface area (Å²) in [6.07, 6.45) is 2.96. The minimum absolute atomic E-state index is 0.834. The van der Waals surface area contributed by atoms with Gasteiger partial charge < -0.3 is 4.74 Å². The van der Waals surface area contributed by atoms with E-state index >= 15 is 0 Å². The molecule has 0 saturated heterocycles. The van der Waals surface area contributed by atoms with E-state index in [-0.39, 0.29) is 0 Å². The van der Waals surface area contributed by atoms with Crippen LogP contribution in [0.15, 0.2) is 12.2 Å². The van der Waals surface area contributed by atoms with Gasteiger partial charge in [-0.1, -0.05) is 0 Å². The van der Waals surface area contributed by atoms with E-state index in [1.165, 1.54) is 6.26 Å². The highest BCUT2D eigenvalue weighted by atomic mass is 16.5. The lowest BCUT2D eigenvalue weighted by Gasteiger charge is -1.79. The lowest BCUT2D eigenvalue weighted by Crippen LogP contribution is -1.92. The van der Waals surface area contributed by atoms with Crippen LogP contribution < -0.4 is 0 Å². The van der Waals surface area contributed by atoms with Crippen LogP contribution in [0.4, 0.5) is 0 Å². The van der Waals surface area contributed by atoms with Gasteiger partial charge in [0.05, 0.1) is 6.07 Å². The Morgan fingerprint density at radius 3 is 2.67 bits per heavy atom. The molecule has 0 saturated carbocycles. The number of allylic oxidation sites excluding steroid dienone is 1. The Labute approximate surface area is 51.6 Å². The molecular formula is C5H2N2O2. The lowest BCUT2D eigenvalue weighted by molar-refractivity contribution is -0.131. The van der Waals surface area contributed by atoms with Gasteiger partial charge in [0.15, 0.2) is 0 Å². The van der Waals surface area contributed by atoms with Crippen molar-refractivity contribution in [1.82, 2.24) is 0 Å². The first kappa shape index (κ1) is 7.19. The predicted molar refractivity (Wildman–Crippen MR) is 26.5 cm³/mol. The van der Waals surface area contributed by atoms with Gasteiger partial charge in [0.25, 0.3) is 6.26 Å². The minimum Gasteiger partial charge on any atom is -0.347 e. The van der Waals surface area contributed by atoms with Crippen molar-refractivity contribution >= 4 is 5.97 Å². The lowest BCUT2D eigenvalue weighted by atomic mass is 10.5. The van der Waals surface area contributed by atoms with Crippen molar-refractivity contribution < 1.29 is 9.53 Å². The van der Waals surface area contributed by atoms with Gasteiger partial charge in [-0.2, -0.15) is 5.26 Å². The van der Waals surface area contributed by atoms with Crippen molar-refractivity contribution in [1.29, 1.82) is 10.5 Å². The smallest absolute Gasteiger partial charge is 0.346 e. The Kier molecular flexibility index (Phi) is 3.48. The molecule has 0 aliphatic carbocycles. The second-order valence-electron chi connectivity index (χ2n) is 0.975.